The fourth-order valence-corrected chi connectivity index (χ4v) is 3.42. The van der Waals surface area contributed by atoms with Crippen molar-refractivity contribution in [2.45, 2.75) is 38.9 Å². The molecule has 1 unspecified atom stereocenters. The van der Waals surface area contributed by atoms with Gasteiger partial charge in [0.25, 0.3) is 0 Å². The summed E-state index contributed by atoms with van der Waals surface area (Å²) in [5.74, 6) is -0.185. The number of aromatic amines is 1. The monoisotopic (exact) mass is 392 g/mol. The van der Waals surface area contributed by atoms with Crippen LogP contribution in [0.25, 0.3) is 0 Å². The lowest BCUT2D eigenvalue weighted by Gasteiger charge is -2.15. The lowest BCUT2D eigenvalue weighted by atomic mass is 10.2. The number of rotatable bonds is 5. The van der Waals surface area contributed by atoms with Crippen molar-refractivity contribution in [1.29, 1.82) is 0 Å². The highest BCUT2D eigenvalue weighted by Gasteiger charge is 2.35. The van der Waals surface area contributed by atoms with E-state index in [9.17, 15) is 13.2 Å². The van der Waals surface area contributed by atoms with Crippen molar-refractivity contribution in [1.82, 2.24) is 29.9 Å². The zero-order valence-corrected chi connectivity index (χ0v) is 15.3. The minimum atomic E-state index is -4.53. The van der Waals surface area contributed by atoms with Crippen molar-refractivity contribution in [3.05, 3.63) is 41.1 Å². The molecule has 3 aromatic rings. The largest absolute Gasteiger partial charge is 0.421 e. The maximum absolute atomic E-state index is 13.1. The van der Waals surface area contributed by atoms with Gasteiger partial charge in [0.05, 0.1) is 35.5 Å². The van der Waals surface area contributed by atoms with Crippen LogP contribution in [-0.2, 0) is 12.6 Å². The van der Waals surface area contributed by atoms with E-state index < -0.39 is 11.7 Å². The van der Waals surface area contributed by atoms with Crippen LogP contribution in [0.1, 0.15) is 41.9 Å². The fourth-order valence-electron chi connectivity index (χ4n) is 3.42. The second kappa shape index (κ2) is 6.80. The van der Waals surface area contributed by atoms with Crippen molar-refractivity contribution < 1.29 is 13.2 Å². The third-order valence-corrected chi connectivity index (χ3v) is 4.80. The number of nitrogens with one attached hydrogen (secondary N) is 3. The fraction of sp³-hybridized carbons (Fsp3) is 0.412. The molecule has 1 atom stereocenters. The van der Waals surface area contributed by atoms with Crippen LogP contribution in [0.15, 0.2) is 18.6 Å². The van der Waals surface area contributed by atoms with Crippen LogP contribution < -0.4 is 10.6 Å². The Labute approximate surface area is 158 Å². The van der Waals surface area contributed by atoms with E-state index in [1.54, 1.807) is 13.1 Å². The SMILES string of the molecule is CCNc1nc(Nc2cnn(C3CCc4cn[nH]c43)c2C)ncc1C(F)(F)F. The van der Waals surface area contributed by atoms with Gasteiger partial charge >= 0.3 is 6.18 Å². The molecule has 0 spiro atoms. The predicted molar refractivity (Wildman–Crippen MR) is 96.5 cm³/mol. The normalized spacial score (nSPS) is 16.2. The molecule has 3 N–H and O–H groups in total. The first kappa shape index (κ1) is 18.3. The minimum Gasteiger partial charge on any atom is -0.370 e. The molecule has 0 radical (unpaired) electrons. The Hall–Kier alpha value is -3.11. The second-order valence-electron chi connectivity index (χ2n) is 6.56. The van der Waals surface area contributed by atoms with E-state index in [2.05, 4.69) is 35.9 Å². The molecule has 0 bridgehead atoms. The van der Waals surface area contributed by atoms with Crippen LogP contribution in [0.5, 0.6) is 0 Å². The van der Waals surface area contributed by atoms with E-state index in [-0.39, 0.29) is 17.8 Å². The molecule has 3 heterocycles. The molecule has 11 heteroatoms. The first-order chi connectivity index (χ1) is 13.4. The molecule has 28 heavy (non-hydrogen) atoms. The van der Waals surface area contributed by atoms with E-state index in [1.165, 1.54) is 5.56 Å². The number of aryl methyl sites for hydroxylation is 1. The van der Waals surface area contributed by atoms with Gasteiger partial charge in [0.2, 0.25) is 5.95 Å². The zero-order valence-electron chi connectivity index (χ0n) is 15.3. The van der Waals surface area contributed by atoms with E-state index in [0.717, 1.165) is 30.4 Å². The Bertz CT molecular complexity index is 991. The molecule has 1 aliphatic carbocycles. The number of fused-ring (bicyclic) bond motifs is 1. The maximum atomic E-state index is 13.1. The smallest absolute Gasteiger partial charge is 0.370 e. The van der Waals surface area contributed by atoms with Crippen LogP contribution in [0, 0.1) is 6.92 Å². The van der Waals surface area contributed by atoms with E-state index in [1.807, 2.05) is 17.8 Å². The molecule has 0 fully saturated rings. The third kappa shape index (κ3) is 3.16. The summed E-state index contributed by atoms with van der Waals surface area (Å²) in [6.07, 6.45) is 1.53. The Kier molecular flexibility index (Phi) is 4.44. The van der Waals surface area contributed by atoms with Crippen molar-refractivity contribution in [2.24, 2.45) is 0 Å². The molecule has 8 nitrogen and oxygen atoms in total. The Morgan fingerprint density at radius 1 is 1.29 bits per heavy atom. The number of aromatic nitrogens is 6. The van der Waals surface area contributed by atoms with Gasteiger partial charge < -0.3 is 10.6 Å². The van der Waals surface area contributed by atoms with Crippen LogP contribution in [-0.4, -0.2) is 36.5 Å². The third-order valence-electron chi connectivity index (χ3n) is 4.80. The first-order valence-corrected chi connectivity index (χ1v) is 8.89. The summed E-state index contributed by atoms with van der Waals surface area (Å²) in [6, 6.07) is 0.0545. The lowest BCUT2D eigenvalue weighted by Crippen LogP contribution is -2.14. The minimum absolute atomic E-state index is 0.0545. The zero-order chi connectivity index (χ0) is 19.9. The average Bonchev–Trinajstić information content (AvgIpc) is 3.32. The maximum Gasteiger partial charge on any atom is 0.421 e. The number of nitrogens with zero attached hydrogens (tertiary/aromatic N) is 5. The Morgan fingerprint density at radius 3 is 2.86 bits per heavy atom. The highest BCUT2D eigenvalue weighted by atomic mass is 19.4. The number of anilines is 3. The van der Waals surface area contributed by atoms with Crippen molar-refractivity contribution in [3.8, 4) is 0 Å². The highest BCUT2D eigenvalue weighted by molar-refractivity contribution is 5.58. The number of hydrogen-bond acceptors (Lipinski definition) is 6. The molecule has 0 saturated heterocycles. The molecule has 1 aliphatic rings. The topological polar surface area (TPSA) is 96.3 Å². The average molecular weight is 392 g/mol. The van der Waals surface area contributed by atoms with Crippen LogP contribution in [0.3, 0.4) is 0 Å². The van der Waals surface area contributed by atoms with Crippen LogP contribution >= 0.6 is 0 Å². The van der Waals surface area contributed by atoms with Gasteiger partial charge in [-0.25, -0.2) is 4.98 Å². The molecule has 3 aromatic heterocycles. The van der Waals surface area contributed by atoms with E-state index in [0.29, 0.717) is 12.2 Å². The summed E-state index contributed by atoms with van der Waals surface area (Å²) in [7, 11) is 0. The number of H-pyrrole nitrogens is 1. The molecule has 0 aliphatic heterocycles. The summed E-state index contributed by atoms with van der Waals surface area (Å²) in [6.45, 7) is 3.90. The van der Waals surface area contributed by atoms with Crippen molar-refractivity contribution in [3.63, 3.8) is 0 Å². The molecule has 0 amide bonds. The molecule has 0 saturated carbocycles. The molecule has 148 valence electrons. The molecular weight excluding hydrogens is 373 g/mol. The highest BCUT2D eigenvalue weighted by Crippen LogP contribution is 2.36. The van der Waals surface area contributed by atoms with Crippen LogP contribution in [0.2, 0.25) is 0 Å². The molecule has 4 rings (SSSR count). The summed E-state index contributed by atoms with van der Waals surface area (Å²) >= 11 is 0. The summed E-state index contributed by atoms with van der Waals surface area (Å²) < 4.78 is 41.2. The summed E-state index contributed by atoms with van der Waals surface area (Å²) in [5.41, 5.74) is 2.79. The standard InChI is InChI=1S/C17H19F3N8/c1-3-21-15-11(17(18,19)20)7-22-16(26-15)25-12-8-24-28(9(12)2)13-5-4-10-6-23-27-14(10)13/h6-8,13H,3-5H2,1-2H3,(H,23,27)(H2,21,22,25,26). The van der Waals surface area contributed by atoms with Crippen LogP contribution in [0.4, 0.5) is 30.6 Å². The molecule has 0 aromatic carbocycles. The summed E-state index contributed by atoms with van der Waals surface area (Å²) in [4.78, 5) is 7.82. The lowest BCUT2D eigenvalue weighted by molar-refractivity contribution is -0.137. The molecular formula is C17H19F3N8. The first-order valence-electron chi connectivity index (χ1n) is 8.89. The van der Waals surface area contributed by atoms with Gasteiger partial charge in [0, 0.05) is 12.7 Å². The van der Waals surface area contributed by atoms with Crippen molar-refractivity contribution in [2.75, 3.05) is 17.2 Å². The van der Waals surface area contributed by atoms with Crippen molar-refractivity contribution >= 4 is 17.5 Å². The van der Waals surface area contributed by atoms with E-state index in [4.69, 9.17) is 0 Å². The quantitative estimate of drug-likeness (QED) is 0.616. The number of halogens is 3. The van der Waals surface area contributed by atoms with Gasteiger partial charge in [0.1, 0.15) is 11.4 Å². The van der Waals surface area contributed by atoms with Gasteiger partial charge in [-0.05, 0) is 32.3 Å². The summed E-state index contributed by atoms with van der Waals surface area (Å²) in [5, 5.41) is 17.2. The predicted octanol–water partition coefficient (Wildman–Crippen LogP) is 3.43. The number of alkyl halides is 3. The Balaban J connectivity index is 1.60. The van der Waals surface area contributed by atoms with Gasteiger partial charge in [-0.3, -0.25) is 9.78 Å². The Morgan fingerprint density at radius 2 is 2.11 bits per heavy atom. The second-order valence-corrected chi connectivity index (χ2v) is 6.56. The van der Waals surface area contributed by atoms with E-state index >= 15 is 0 Å². The van der Waals surface area contributed by atoms with Gasteiger partial charge in [-0.15, -0.1) is 0 Å². The number of hydrogen-bond donors (Lipinski definition) is 3. The van der Waals surface area contributed by atoms with Gasteiger partial charge in [-0.1, -0.05) is 0 Å². The van der Waals surface area contributed by atoms with Gasteiger partial charge in [0.15, 0.2) is 0 Å². The van der Waals surface area contributed by atoms with Gasteiger partial charge in [-0.2, -0.15) is 28.4 Å².